The van der Waals surface area contributed by atoms with Gasteiger partial charge in [-0.05, 0) is 24.5 Å². The number of nitrogens with zero attached hydrogens (tertiary/aromatic N) is 2. The summed E-state index contributed by atoms with van der Waals surface area (Å²) >= 11 is 0. The first kappa shape index (κ1) is 15.0. The molecule has 0 radical (unpaired) electrons. The Labute approximate surface area is 120 Å². The Morgan fingerprint density at radius 1 is 1.45 bits per heavy atom. The van der Waals surface area contributed by atoms with Gasteiger partial charge < -0.3 is 4.90 Å². The van der Waals surface area contributed by atoms with Crippen LogP contribution in [0.25, 0.3) is 0 Å². The van der Waals surface area contributed by atoms with E-state index in [1.807, 2.05) is 24.0 Å². The van der Waals surface area contributed by atoms with Gasteiger partial charge >= 0.3 is 0 Å². The van der Waals surface area contributed by atoms with Crippen LogP contribution in [0.2, 0.25) is 0 Å². The molecule has 1 atom stereocenters. The lowest BCUT2D eigenvalue weighted by Gasteiger charge is -2.20. The first-order valence-electron chi connectivity index (χ1n) is 7.28. The Hall–Kier alpha value is -1.42. The molecular formula is C16H23FN2O. The van der Waals surface area contributed by atoms with E-state index in [1.54, 1.807) is 6.92 Å². The summed E-state index contributed by atoms with van der Waals surface area (Å²) in [6.07, 6.45) is -0.0281. The van der Waals surface area contributed by atoms with E-state index in [0.717, 1.165) is 25.2 Å². The minimum absolute atomic E-state index is 0.0951. The van der Waals surface area contributed by atoms with E-state index >= 15 is 0 Å². The zero-order chi connectivity index (χ0) is 14.5. The van der Waals surface area contributed by atoms with Crippen molar-refractivity contribution in [3.8, 4) is 0 Å². The molecule has 1 aromatic carbocycles. The topological polar surface area (TPSA) is 23.6 Å². The van der Waals surface area contributed by atoms with Crippen LogP contribution in [0.4, 0.5) is 4.39 Å². The van der Waals surface area contributed by atoms with Crippen molar-refractivity contribution in [1.82, 2.24) is 9.80 Å². The van der Waals surface area contributed by atoms with Crippen molar-refractivity contribution in [2.75, 3.05) is 19.6 Å². The molecule has 20 heavy (non-hydrogen) atoms. The lowest BCUT2D eigenvalue weighted by atomic mass is 10.1. The van der Waals surface area contributed by atoms with E-state index in [0.29, 0.717) is 19.5 Å². The van der Waals surface area contributed by atoms with E-state index in [4.69, 9.17) is 0 Å². The molecule has 1 saturated heterocycles. The third-order valence-corrected chi connectivity index (χ3v) is 3.81. The van der Waals surface area contributed by atoms with Crippen molar-refractivity contribution >= 4 is 5.91 Å². The Morgan fingerprint density at radius 3 is 2.80 bits per heavy atom. The minimum atomic E-state index is -0.675. The predicted octanol–water partition coefficient (Wildman–Crippen LogP) is 2.60. The van der Waals surface area contributed by atoms with Gasteiger partial charge in [0.2, 0.25) is 5.91 Å². The average Bonchev–Trinajstić information content (AvgIpc) is 2.81. The van der Waals surface area contributed by atoms with Gasteiger partial charge in [0, 0.05) is 39.6 Å². The van der Waals surface area contributed by atoms with E-state index < -0.39 is 6.17 Å². The van der Waals surface area contributed by atoms with Gasteiger partial charge in [-0.1, -0.05) is 24.3 Å². The van der Waals surface area contributed by atoms with E-state index in [2.05, 4.69) is 17.0 Å². The molecule has 1 heterocycles. The minimum Gasteiger partial charge on any atom is -0.339 e. The second kappa shape index (κ2) is 6.84. The van der Waals surface area contributed by atoms with Gasteiger partial charge in [0.15, 0.2) is 0 Å². The van der Waals surface area contributed by atoms with Gasteiger partial charge in [0.05, 0.1) is 0 Å². The molecule has 0 spiro atoms. The fourth-order valence-electron chi connectivity index (χ4n) is 2.68. The molecule has 0 aliphatic carbocycles. The number of likely N-dealkylation sites (tertiary alicyclic amines) is 1. The van der Waals surface area contributed by atoms with Crippen LogP contribution in [0.3, 0.4) is 0 Å². The highest BCUT2D eigenvalue weighted by molar-refractivity contribution is 5.73. The number of hydrogen-bond donors (Lipinski definition) is 0. The Bertz CT molecular complexity index is 464. The molecule has 1 aliphatic heterocycles. The Morgan fingerprint density at radius 2 is 2.20 bits per heavy atom. The summed E-state index contributed by atoms with van der Waals surface area (Å²) in [5, 5.41) is 0. The highest BCUT2D eigenvalue weighted by Gasteiger charge is 2.21. The lowest BCUT2D eigenvalue weighted by Crippen LogP contribution is -2.27. The summed E-state index contributed by atoms with van der Waals surface area (Å²) in [4.78, 5) is 15.4. The predicted molar refractivity (Wildman–Crippen MR) is 78.0 cm³/mol. The normalized spacial score (nSPS) is 19.2. The summed E-state index contributed by atoms with van der Waals surface area (Å²) in [5.41, 5.74) is 2.33. The molecule has 0 N–H and O–H groups in total. The number of halogens is 1. The first-order valence-corrected chi connectivity index (χ1v) is 7.28. The third-order valence-electron chi connectivity index (χ3n) is 3.81. The number of alkyl halides is 1. The fraction of sp³-hybridized carbons (Fsp3) is 0.562. The standard InChI is InChI=1S/C16H23FN2O/c1-3-19(13(2)20)11-15-6-4-5-14(9-15)10-18-8-7-16(17)12-18/h4-6,9,16H,3,7-8,10-12H2,1-2H3. The summed E-state index contributed by atoms with van der Waals surface area (Å²) in [6, 6.07) is 8.24. The molecule has 0 bridgehead atoms. The van der Waals surface area contributed by atoms with Crippen LogP contribution in [0.1, 0.15) is 31.4 Å². The quantitative estimate of drug-likeness (QED) is 0.826. The largest absolute Gasteiger partial charge is 0.339 e. The maximum Gasteiger partial charge on any atom is 0.219 e. The highest BCUT2D eigenvalue weighted by Crippen LogP contribution is 2.17. The van der Waals surface area contributed by atoms with Crippen molar-refractivity contribution in [2.45, 2.75) is 39.5 Å². The van der Waals surface area contributed by atoms with Gasteiger partial charge in [-0.15, -0.1) is 0 Å². The van der Waals surface area contributed by atoms with Crippen LogP contribution in [-0.2, 0) is 17.9 Å². The zero-order valence-electron chi connectivity index (χ0n) is 12.3. The maximum atomic E-state index is 13.2. The second-order valence-corrected chi connectivity index (χ2v) is 5.47. The number of carbonyl (C=O) groups excluding carboxylic acids is 1. The van der Waals surface area contributed by atoms with Crippen LogP contribution in [0.5, 0.6) is 0 Å². The molecule has 110 valence electrons. The molecular weight excluding hydrogens is 255 g/mol. The van der Waals surface area contributed by atoms with Gasteiger partial charge in [-0.25, -0.2) is 4.39 Å². The van der Waals surface area contributed by atoms with Crippen molar-refractivity contribution in [2.24, 2.45) is 0 Å². The second-order valence-electron chi connectivity index (χ2n) is 5.47. The van der Waals surface area contributed by atoms with E-state index in [1.165, 1.54) is 5.56 Å². The van der Waals surface area contributed by atoms with Crippen molar-refractivity contribution in [1.29, 1.82) is 0 Å². The van der Waals surface area contributed by atoms with Crippen LogP contribution in [0.15, 0.2) is 24.3 Å². The molecule has 1 aromatic rings. The molecule has 0 aromatic heterocycles. The van der Waals surface area contributed by atoms with Gasteiger partial charge in [0.25, 0.3) is 0 Å². The van der Waals surface area contributed by atoms with Crippen molar-refractivity contribution in [3.63, 3.8) is 0 Å². The summed E-state index contributed by atoms with van der Waals surface area (Å²) < 4.78 is 13.2. The van der Waals surface area contributed by atoms with E-state index in [9.17, 15) is 9.18 Å². The lowest BCUT2D eigenvalue weighted by molar-refractivity contribution is -0.129. The van der Waals surface area contributed by atoms with Gasteiger partial charge in [-0.3, -0.25) is 9.69 Å². The summed E-state index contributed by atoms with van der Waals surface area (Å²) in [7, 11) is 0. The third kappa shape index (κ3) is 4.04. The van der Waals surface area contributed by atoms with E-state index in [-0.39, 0.29) is 5.91 Å². The molecule has 0 saturated carbocycles. The number of carbonyl (C=O) groups is 1. The molecule has 1 unspecified atom stereocenters. The zero-order valence-corrected chi connectivity index (χ0v) is 12.3. The summed E-state index contributed by atoms with van der Waals surface area (Å²) in [6.45, 7) is 7.11. The fourth-order valence-corrected chi connectivity index (χ4v) is 2.68. The number of rotatable bonds is 5. The van der Waals surface area contributed by atoms with Crippen LogP contribution in [-0.4, -0.2) is 41.5 Å². The highest BCUT2D eigenvalue weighted by atomic mass is 19.1. The Kier molecular flexibility index (Phi) is 5.12. The van der Waals surface area contributed by atoms with Crippen LogP contribution >= 0.6 is 0 Å². The molecule has 2 rings (SSSR count). The molecule has 1 fully saturated rings. The maximum absolute atomic E-state index is 13.2. The summed E-state index contributed by atoms with van der Waals surface area (Å²) in [5.74, 6) is 0.0951. The van der Waals surface area contributed by atoms with Crippen LogP contribution < -0.4 is 0 Å². The van der Waals surface area contributed by atoms with Crippen molar-refractivity contribution in [3.05, 3.63) is 35.4 Å². The van der Waals surface area contributed by atoms with Crippen molar-refractivity contribution < 1.29 is 9.18 Å². The Balaban J connectivity index is 1.98. The molecule has 1 aliphatic rings. The first-order chi connectivity index (χ1) is 9.58. The molecule has 3 nitrogen and oxygen atoms in total. The number of hydrogen-bond acceptors (Lipinski definition) is 2. The smallest absolute Gasteiger partial charge is 0.219 e. The number of benzene rings is 1. The SMILES string of the molecule is CCN(Cc1cccc(CN2CCC(F)C2)c1)C(C)=O. The van der Waals surface area contributed by atoms with Gasteiger partial charge in [-0.2, -0.15) is 0 Å². The monoisotopic (exact) mass is 278 g/mol. The van der Waals surface area contributed by atoms with Gasteiger partial charge in [0.1, 0.15) is 6.17 Å². The number of amides is 1. The molecule has 4 heteroatoms. The van der Waals surface area contributed by atoms with Crippen LogP contribution in [0, 0.1) is 0 Å². The average molecular weight is 278 g/mol. The molecule has 1 amide bonds.